The summed E-state index contributed by atoms with van der Waals surface area (Å²) >= 11 is 6.17. The molecule has 1 unspecified atom stereocenters. The normalized spacial score (nSPS) is 12.1. The zero-order valence-electron chi connectivity index (χ0n) is 12.3. The standard InChI is InChI=1S/C17H20ClNO2/c1-12(9-13-5-3-4-6-16(13)18)19-11-14-10-15(21-2)7-8-17(14)20/h3-8,10,12,19-20H,9,11H2,1-2H3. The van der Waals surface area contributed by atoms with Crippen molar-refractivity contribution in [3.63, 3.8) is 0 Å². The van der Waals surface area contributed by atoms with Crippen LogP contribution < -0.4 is 10.1 Å². The van der Waals surface area contributed by atoms with E-state index in [4.69, 9.17) is 16.3 Å². The van der Waals surface area contributed by atoms with Crippen molar-refractivity contribution in [3.05, 3.63) is 58.6 Å². The highest BCUT2D eigenvalue weighted by Crippen LogP contribution is 2.23. The number of hydrogen-bond acceptors (Lipinski definition) is 3. The van der Waals surface area contributed by atoms with Crippen molar-refractivity contribution in [3.8, 4) is 11.5 Å². The third-order valence-corrected chi connectivity index (χ3v) is 3.78. The van der Waals surface area contributed by atoms with Gasteiger partial charge >= 0.3 is 0 Å². The van der Waals surface area contributed by atoms with Gasteiger partial charge in [-0.1, -0.05) is 29.8 Å². The molecule has 1 atom stereocenters. The molecule has 0 bridgehead atoms. The molecule has 3 nitrogen and oxygen atoms in total. The summed E-state index contributed by atoms with van der Waals surface area (Å²) in [6, 6.07) is 13.3. The third-order valence-electron chi connectivity index (χ3n) is 3.41. The van der Waals surface area contributed by atoms with E-state index < -0.39 is 0 Å². The van der Waals surface area contributed by atoms with Crippen LogP contribution in [0.1, 0.15) is 18.1 Å². The molecule has 0 aliphatic heterocycles. The molecular formula is C17H20ClNO2. The summed E-state index contributed by atoms with van der Waals surface area (Å²) in [6.45, 7) is 2.68. The van der Waals surface area contributed by atoms with Crippen LogP contribution in [-0.2, 0) is 13.0 Å². The van der Waals surface area contributed by atoms with Crippen LogP contribution in [0.2, 0.25) is 5.02 Å². The smallest absolute Gasteiger partial charge is 0.120 e. The zero-order valence-corrected chi connectivity index (χ0v) is 13.0. The maximum absolute atomic E-state index is 9.86. The molecule has 0 amide bonds. The van der Waals surface area contributed by atoms with Gasteiger partial charge in [0.15, 0.2) is 0 Å². The number of ether oxygens (including phenoxy) is 1. The number of methoxy groups -OCH3 is 1. The van der Waals surface area contributed by atoms with Gasteiger partial charge in [-0.3, -0.25) is 0 Å². The Hall–Kier alpha value is -1.71. The fraction of sp³-hybridized carbons (Fsp3) is 0.294. The van der Waals surface area contributed by atoms with Crippen molar-refractivity contribution in [2.75, 3.05) is 7.11 Å². The second kappa shape index (κ2) is 7.34. The number of phenols is 1. The number of rotatable bonds is 6. The molecule has 0 fully saturated rings. The number of halogens is 1. The van der Waals surface area contributed by atoms with E-state index in [-0.39, 0.29) is 11.8 Å². The van der Waals surface area contributed by atoms with Gasteiger partial charge in [-0.15, -0.1) is 0 Å². The molecule has 0 saturated heterocycles. The molecule has 0 aliphatic carbocycles. The second-order valence-corrected chi connectivity index (χ2v) is 5.48. The Bertz CT molecular complexity index is 601. The Balaban J connectivity index is 1.95. The molecule has 0 aromatic heterocycles. The van der Waals surface area contributed by atoms with Crippen molar-refractivity contribution in [2.24, 2.45) is 0 Å². The lowest BCUT2D eigenvalue weighted by Crippen LogP contribution is -2.27. The number of benzene rings is 2. The maximum Gasteiger partial charge on any atom is 0.120 e. The van der Waals surface area contributed by atoms with E-state index in [0.717, 1.165) is 28.3 Å². The van der Waals surface area contributed by atoms with Crippen LogP contribution in [0, 0.1) is 0 Å². The highest BCUT2D eigenvalue weighted by atomic mass is 35.5. The van der Waals surface area contributed by atoms with Crippen molar-refractivity contribution in [1.82, 2.24) is 5.32 Å². The first-order chi connectivity index (χ1) is 10.1. The van der Waals surface area contributed by atoms with Crippen LogP contribution in [0.25, 0.3) is 0 Å². The van der Waals surface area contributed by atoms with E-state index in [1.807, 2.05) is 30.3 Å². The van der Waals surface area contributed by atoms with Crippen LogP contribution in [0.5, 0.6) is 11.5 Å². The Labute approximate surface area is 130 Å². The lowest BCUT2D eigenvalue weighted by Gasteiger charge is -2.16. The Morgan fingerprint density at radius 3 is 2.67 bits per heavy atom. The number of hydrogen-bond donors (Lipinski definition) is 2. The highest BCUT2D eigenvalue weighted by molar-refractivity contribution is 6.31. The minimum absolute atomic E-state index is 0.246. The molecule has 0 radical (unpaired) electrons. The van der Waals surface area contributed by atoms with E-state index in [1.54, 1.807) is 19.2 Å². The van der Waals surface area contributed by atoms with Gasteiger partial charge < -0.3 is 15.2 Å². The summed E-state index contributed by atoms with van der Waals surface area (Å²) in [6.07, 6.45) is 0.838. The van der Waals surface area contributed by atoms with Gasteiger partial charge in [0.05, 0.1) is 7.11 Å². The minimum Gasteiger partial charge on any atom is -0.508 e. The predicted molar refractivity (Wildman–Crippen MR) is 86.1 cm³/mol. The van der Waals surface area contributed by atoms with Crippen LogP contribution >= 0.6 is 11.6 Å². The summed E-state index contributed by atoms with van der Waals surface area (Å²) in [5.74, 6) is 1.01. The zero-order chi connectivity index (χ0) is 15.2. The quantitative estimate of drug-likeness (QED) is 0.853. The van der Waals surface area contributed by atoms with E-state index in [0.29, 0.717) is 6.54 Å². The Morgan fingerprint density at radius 2 is 1.95 bits per heavy atom. The van der Waals surface area contributed by atoms with Crippen molar-refractivity contribution in [1.29, 1.82) is 0 Å². The summed E-state index contributed by atoms with van der Waals surface area (Å²) < 4.78 is 5.17. The van der Waals surface area contributed by atoms with Gasteiger partial charge in [0, 0.05) is 23.2 Å². The lowest BCUT2D eigenvalue weighted by atomic mass is 10.1. The highest BCUT2D eigenvalue weighted by Gasteiger charge is 2.08. The average molecular weight is 306 g/mol. The van der Waals surface area contributed by atoms with E-state index >= 15 is 0 Å². The largest absolute Gasteiger partial charge is 0.508 e. The van der Waals surface area contributed by atoms with Gasteiger partial charge in [-0.05, 0) is 43.2 Å². The van der Waals surface area contributed by atoms with Crippen LogP contribution in [-0.4, -0.2) is 18.3 Å². The Kier molecular flexibility index (Phi) is 5.48. The third kappa shape index (κ3) is 4.38. The van der Waals surface area contributed by atoms with E-state index in [9.17, 15) is 5.11 Å². The Morgan fingerprint density at radius 1 is 1.19 bits per heavy atom. The van der Waals surface area contributed by atoms with E-state index in [1.165, 1.54) is 0 Å². The molecule has 0 heterocycles. The molecule has 2 N–H and O–H groups in total. The van der Waals surface area contributed by atoms with Crippen molar-refractivity contribution in [2.45, 2.75) is 25.9 Å². The molecule has 112 valence electrons. The molecule has 0 spiro atoms. The first-order valence-electron chi connectivity index (χ1n) is 6.93. The van der Waals surface area contributed by atoms with Gasteiger partial charge in [-0.25, -0.2) is 0 Å². The number of phenolic OH excluding ortho intramolecular Hbond substituents is 1. The van der Waals surface area contributed by atoms with Gasteiger partial charge in [0.1, 0.15) is 11.5 Å². The van der Waals surface area contributed by atoms with Crippen LogP contribution in [0.15, 0.2) is 42.5 Å². The SMILES string of the molecule is COc1ccc(O)c(CNC(C)Cc2ccccc2Cl)c1. The molecule has 4 heteroatoms. The molecular weight excluding hydrogens is 286 g/mol. The first kappa shape index (κ1) is 15.7. The van der Waals surface area contributed by atoms with Crippen molar-refractivity contribution < 1.29 is 9.84 Å². The monoisotopic (exact) mass is 305 g/mol. The summed E-state index contributed by atoms with van der Waals surface area (Å²) in [5.41, 5.74) is 1.94. The van der Waals surface area contributed by atoms with Gasteiger partial charge in [0.2, 0.25) is 0 Å². The topological polar surface area (TPSA) is 41.5 Å². The predicted octanol–water partition coefficient (Wildman–Crippen LogP) is 3.78. The van der Waals surface area contributed by atoms with Gasteiger partial charge in [0.25, 0.3) is 0 Å². The average Bonchev–Trinajstić information content (AvgIpc) is 2.49. The maximum atomic E-state index is 9.86. The summed E-state index contributed by atoms with van der Waals surface area (Å²) in [4.78, 5) is 0. The van der Waals surface area contributed by atoms with Crippen LogP contribution in [0.3, 0.4) is 0 Å². The fourth-order valence-corrected chi connectivity index (χ4v) is 2.39. The molecule has 2 aromatic carbocycles. The minimum atomic E-state index is 0.246. The summed E-state index contributed by atoms with van der Waals surface area (Å²) in [7, 11) is 1.61. The van der Waals surface area contributed by atoms with Crippen LogP contribution in [0.4, 0.5) is 0 Å². The van der Waals surface area contributed by atoms with E-state index in [2.05, 4.69) is 12.2 Å². The molecule has 0 aliphatic rings. The lowest BCUT2D eigenvalue weighted by molar-refractivity contribution is 0.409. The van der Waals surface area contributed by atoms with Gasteiger partial charge in [-0.2, -0.15) is 0 Å². The number of aromatic hydroxyl groups is 1. The first-order valence-corrected chi connectivity index (χ1v) is 7.30. The fourth-order valence-electron chi connectivity index (χ4n) is 2.18. The van der Waals surface area contributed by atoms with Crippen molar-refractivity contribution >= 4 is 11.6 Å². The number of nitrogens with one attached hydrogen (secondary N) is 1. The molecule has 2 rings (SSSR count). The molecule has 0 saturated carbocycles. The molecule has 2 aromatic rings. The molecule has 21 heavy (non-hydrogen) atoms. The second-order valence-electron chi connectivity index (χ2n) is 5.07. The summed E-state index contributed by atoms with van der Waals surface area (Å²) in [5, 5.41) is 14.0.